The third kappa shape index (κ3) is 4.76. The number of aliphatic hydroxyl groups is 2. The molecule has 0 aliphatic heterocycles. The second-order valence-electron chi connectivity index (χ2n) is 4.31. The van der Waals surface area contributed by atoms with Crippen molar-refractivity contribution in [1.29, 1.82) is 0 Å². The van der Waals surface area contributed by atoms with Gasteiger partial charge in [0.25, 0.3) is 0 Å². The molecule has 0 aliphatic carbocycles. The molecule has 106 valence electrons. The van der Waals surface area contributed by atoms with Gasteiger partial charge in [-0.05, 0) is 18.1 Å². The summed E-state index contributed by atoms with van der Waals surface area (Å²) in [5, 5.41) is 19.5. The summed E-state index contributed by atoms with van der Waals surface area (Å²) in [6.07, 6.45) is 1.75. The van der Waals surface area contributed by atoms with Crippen molar-refractivity contribution >= 4 is 16.1 Å². The molecule has 0 fully saturated rings. The molecule has 0 heterocycles. The Labute approximate surface area is 113 Å². The smallest absolute Gasteiger partial charge is 0.234 e. The van der Waals surface area contributed by atoms with Crippen LogP contribution in [0.5, 0.6) is 0 Å². The highest BCUT2D eigenvalue weighted by Crippen LogP contribution is 2.11. The number of hydrogen-bond donors (Lipinski definition) is 3. The zero-order chi connectivity index (χ0) is 14.4. The monoisotopic (exact) mass is 285 g/mol. The van der Waals surface area contributed by atoms with Gasteiger partial charge < -0.3 is 10.2 Å². The standard InChI is InChI=1S/C13H19NO4S/c1-2-13(10-15,11-16)14-19(17,18)9-8-12-6-4-3-5-7-12/h3-9,14-16H,2,10-11H2,1H3/b9-8+. The molecule has 0 aromatic heterocycles. The summed E-state index contributed by atoms with van der Waals surface area (Å²) in [5.41, 5.74) is -0.470. The molecule has 3 N–H and O–H groups in total. The lowest BCUT2D eigenvalue weighted by molar-refractivity contribution is 0.106. The summed E-state index contributed by atoms with van der Waals surface area (Å²) >= 11 is 0. The van der Waals surface area contributed by atoms with Gasteiger partial charge in [0.2, 0.25) is 10.0 Å². The van der Waals surface area contributed by atoms with Gasteiger partial charge in [-0.15, -0.1) is 0 Å². The molecular formula is C13H19NO4S. The van der Waals surface area contributed by atoms with Crippen LogP contribution >= 0.6 is 0 Å². The maximum Gasteiger partial charge on any atom is 0.234 e. The molecule has 1 rings (SSSR count). The molecule has 1 aromatic carbocycles. The van der Waals surface area contributed by atoms with Gasteiger partial charge in [-0.2, -0.15) is 0 Å². The van der Waals surface area contributed by atoms with Crippen molar-refractivity contribution in [1.82, 2.24) is 4.72 Å². The average Bonchev–Trinajstić information content (AvgIpc) is 2.44. The van der Waals surface area contributed by atoms with E-state index >= 15 is 0 Å². The third-order valence-electron chi connectivity index (χ3n) is 2.88. The van der Waals surface area contributed by atoms with E-state index in [1.165, 1.54) is 6.08 Å². The van der Waals surface area contributed by atoms with E-state index in [0.717, 1.165) is 11.0 Å². The molecular weight excluding hydrogens is 266 g/mol. The van der Waals surface area contributed by atoms with Crippen LogP contribution in [-0.4, -0.2) is 37.4 Å². The van der Waals surface area contributed by atoms with Gasteiger partial charge in [0.05, 0.1) is 18.8 Å². The van der Waals surface area contributed by atoms with Crippen molar-refractivity contribution in [2.45, 2.75) is 18.9 Å². The molecule has 0 aliphatic rings. The number of benzene rings is 1. The van der Waals surface area contributed by atoms with E-state index in [9.17, 15) is 18.6 Å². The second kappa shape index (κ2) is 6.81. The molecule has 0 atom stereocenters. The minimum atomic E-state index is -3.72. The summed E-state index contributed by atoms with van der Waals surface area (Å²) in [4.78, 5) is 0. The van der Waals surface area contributed by atoms with E-state index in [2.05, 4.69) is 4.72 Å². The summed E-state index contributed by atoms with van der Waals surface area (Å²) < 4.78 is 26.1. The number of hydrogen-bond acceptors (Lipinski definition) is 4. The van der Waals surface area contributed by atoms with Crippen LogP contribution in [0.15, 0.2) is 35.7 Å². The van der Waals surface area contributed by atoms with Crippen molar-refractivity contribution in [3.8, 4) is 0 Å². The Kier molecular flexibility index (Phi) is 5.68. The zero-order valence-corrected chi connectivity index (χ0v) is 11.6. The Bertz CT molecular complexity index is 498. The number of rotatable bonds is 7. The second-order valence-corrected chi connectivity index (χ2v) is 5.88. The van der Waals surface area contributed by atoms with E-state index in [-0.39, 0.29) is 0 Å². The van der Waals surface area contributed by atoms with Gasteiger partial charge in [-0.3, -0.25) is 0 Å². The fourth-order valence-electron chi connectivity index (χ4n) is 1.48. The van der Waals surface area contributed by atoms with Crippen molar-refractivity contribution in [3.63, 3.8) is 0 Å². The van der Waals surface area contributed by atoms with Gasteiger partial charge in [0.1, 0.15) is 0 Å². The molecule has 0 unspecified atom stereocenters. The molecule has 1 aromatic rings. The van der Waals surface area contributed by atoms with Crippen LogP contribution in [0.1, 0.15) is 18.9 Å². The van der Waals surface area contributed by atoms with Crippen LogP contribution in [0.2, 0.25) is 0 Å². The Morgan fingerprint density at radius 1 is 1.21 bits per heavy atom. The normalized spacial score (nSPS) is 13.0. The van der Waals surface area contributed by atoms with Crippen molar-refractivity contribution in [3.05, 3.63) is 41.3 Å². The van der Waals surface area contributed by atoms with Gasteiger partial charge in [0, 0.05) is 5.41 Å². The third-order valence-corrected chi connectivity index (χ3v) is 4.09. The van der Waals surface area contributed by atoms with E-state index < -0.39 is 28.8 Å². The first-order chi connectivity index (χ1) is 8.97. The van der Waals surface area contributed by atoms with Gasteiger partial charge in [-0.25, -0.2) is 13.1 Å². The molecule has 0 spiro atoms. The first-order valence-electron chi connectivity index (χ1n) is 5.96. The van der Waals surface area contributed by atoms with Crippen molar-refractivity contribution < 1.29 is 18.6 Å². The SMILES string of the molecule is CCC(CO)(CO)NS(=O)(=O)/C=C/c1ccccc1. The fourth-order valence-corrected chi connectivity index (χ4v) is 2.76. The topological polar surface area (TPSA) is 86.6 Å². The van der Waals surface area contributed by atoms with Crippen LogP contribution < -0.4 is 4.72 Å². The summed E-state index contributed by atoms with van der Waals surface area (Å²) in [6, 6.07) is 8.99. The highest BCUT2D eigenvalue weighted by Gasteiger charge is 2.30. The van der Waals surface area contributed by atoms with Gasteiger partial charge >= 0.3 is 0 Å². The van der Waals surface area contributed by atoms with E-state index in [1.54, 1.807) is 31.2 Å². The minimum Gasteiger partial charge on any atom is -0.394 e. The van der Waals surface area contributed by atoms with E-state index in [0.29, 0.717) is 6.42 Å². The van der Waals surface area contributed by atoms with Crippen molar-refractivity contribution in [2.24, 2.45) is 0 Å². The molecule has 0 amide bonds. The number of aliphatic hydroxyl groups excluding tert-OH is 2. The van der Waals surface area contributed by atoms with Crippen LogP contribution in [0.25, 0.3) is 6.08 Å². The highest BCUT2D eigenvalue weighted by atomic mass is 32.2. The molecule has 0 radical (unpaired) electrons. The fraction of sp³-hybridized carbons (Fsp3) is 0.385. The van der Waals surface area contributed by atoms with Crippen LogP contribution in [0.3, 0.4) is 0 Å². The van der Waals surface area contributed by atoms with Gasteiger partial charge in [0.15, 0.2) is 0 Å². The summed E-state index contributed by atoms with van der Waals surface area (Å²) in [6.45, 7) is 0.771. The van der Waals surface area contributed by atoms with Crippen LogP contribution in [-0.2, 0) is 10.0 Å². The first-order valence-corrected chi connectivity index (χ1v) is 7.50. The lowest BCUT2D eigenvalue weighted by Crippen LogP contribution is -2.53. The Balaban J connectivity index is 2.85. The molecule has 0 saturated heterocycles. The van der Waals surface area contributed by atoms with Crippen molar-refractivity contribution in [2.75, 3.05) is 13.2 Å². The summed E-state index contributed by atoms with van der Waals surface area (Å²) in [7, 11) is -3.72. The van der Waals surface area contributed by atoms with E-state index in [4.69, 9.17) is 0 Å². The molecule has 0 bridgehead atoms. The van der Waals surface area contributed by atoms with E-state index in [1.807, 2.05) is 6.07 Å². The molecule has 0 saturated carbocycles. The minimum absolute atomic E-state index is 0.290. The van der Waals surface area contributed by atoms with Crippen LogP contribution in [0, 0.1) is 0 Å². The summed E-state index contributed by atoms with van der Waals surface area (Å²) in [5.74, 6) is 0. The predicted molar refractivity (Wildman–Crippen MR) is 74.7 cm³/mol. The maximum absolute atomic E-state index is 11.9. The number of sulfonamides is 1. The molecule has 6 heteroatoms. The van der Waals surface area contributed by atoms with Gasteiger partial charge in [-0.1, -0.05) is 37.3 Å². The largest absolute Gasteiger partial charge is 0.394 e. The zero-order valence-electron chi connectivity index (χ0n) is 10.8. The molecule has 5 nitrogen and oxygen atoms in total. The Hall–Kier alpha value is -1.21. The average molecular weight is 285 g/mol. The predicted octanol–water partition coefficient (Wildman–Crippen LogP) is 0.710. The maximum atomic E-state index is 11.9. The Morgan fingerprint density at radius 2 is 1.79 bits per heavy atom. The number of nitrogens with one attached hydrogen (secondary N) is 1. The quantitative estimate of drug-likeness (QED) is 0.688. The highest BCUT2D eigenvalue weighted by molar-refractivity contribution is 7.92. The Morgan fingerprint density at radius 3 is 2.26 bits per heavy atom. The lowest BCUT2D eigenvalue weighted by Gasteiger charge is -2.28. The molecule has 19 heavy (non-hydrogen) atoms. The first kappa shape index (κ1) is 15.8. The lowest BCUT2D eigenvalue weighted by atomic mass is 10.0. The van der Waals surface area contributed by atoms with Crippen LogP contribution in [0.4, 0.5) is 0 Å².